The molecule has 0 spiro atoms. The molecule has 0 bridgehead atoms. The van der Waals surface area contributed by atoms with Crippen molar-refractivity contribution < 1.29 is 22.7 Å². The topological polar surface area (TPSA) is 99.9 Å². The second-order valence-electron chi connectivity index (χ2n) is 6.22. The lowest BCUT2D eigenvalue weighted by atomic mass is 10.2. The number of hydrogen-bond acceptors (Lipinski definition) is 6. The van der Waals surface area contributed by atoms with Gasteiger partial charge in [0.05, 0.1) is 17.7 Å². The highest BCUT2D eigenvalue weighted by Gasteiger charge is 2.18. The Bertz CT molecular complexity index is 1040. The predicted molar refractivity (Wildman–Crippen MR) is 106 cm³/mol. The lowest BCUT2D eigenvalue weighted by Crippen LogP contribution is -2.24. The van der Waals surface area contributed by atoms with E-state index in [1.54, 1.807) is 18.2 Å². The third kappa shape index (κ3) is 4.33. The van der Waals surface area contributed by atoms with Gasteiger partial charge in [-0.05, 0) is 48.5 Å². The van der Waals surface area contributed by atoms with Crippen LogP contribution in [0, 0.1) is 0 Å². The molecule has 1 atom stereocenters. The third-order valence-corrected chi connectivity index (χ3v) is 7.05. The maximum atomic E-state index is 12.3. The van der Waals surface area contributed by atoms with Crippen LogP contribution in [0.5, 0.6) is 0 Å². The van der Waals surface area contributed by atoms with E-state index >= 15 is 0 Å². The maximum absolute atomic E-state index is 12.3. The van der Waals surface area contributed by atoms with E-state index in [0.29, 0.717) is 17.9 Å². The fraction of sp³-hybridized carbons (Fsp3) is 0.211. The molecule has 3 rings (SSSR count). The van der Waals surface area contributed by atoms with Crippen molar-refractivity contribution in [3.63, 3.8) is 0 Å². The molecule has 2 N–H and O–H groups in total. The minimum atomic E-state index is -3.53. The van der Waals surface area contributed by atoms with Gasteiger partial charge in [-0.2, -0.15) is 0 Å². The molecule has 1 aromatic carbocycles. The Labute approximate surface area is 167 Å². The first-order chi connectivity index (χ1) is 13.3. The Morgan fingerprint density at radius 1 is 1.18 bits per heavy atom. The van der Waals surface area contributed by atoms with E-state index in [1.165, 1.54) is 56.0 Å². The van der Waals surface area contributed by atoms with Crippen molar-refractivity contribution in [2.75, 3.05) is 14.1 Å². The van der Waals surface area contributed by atoms with Crippen LogP contribution in [-0.4, -0.2) is 37.8 Å². The molecule has 0 fully saturated rings. The Balaban J connectivity index is 1.62. The molecule has 0 radical (unpaired) electrons. The molecule has 28 heavy (non-hydrogen) atoms. The zero-order valence-corrected chi connectivity index (χ0v) is 17.0. The highest BCUT2D eigenvalue weighted by molar-refractivity contribution is 7.89. The van der Waals surface area contributed by atoms with Gasteiger partial charge in [0.15, 0.2) is 0 Å². The summed E-state index contributed by atoms with van der Waals surface area (Å²) in [5.41, 5.74) is 0.366. The Hall–Kier alpha value is -2.46. The summed E-state index contributed by atoms with van der Waals surface area (Å²) in [6.07, 6.45) is 0.665. The Morgan fingerprint density at radius 3 is 2.50 bits per heavy atom. The summed E-state index contributed by atoms with van der Waals surface area (Å²) in [6.45, 7) is 0.298. The van der Waals surface area contributed by atoms with Crippen molar-refractivity contribution in [3.05, 3.63) is 75.9 Å². The first-order valence-corrected chi connectivity index (χ1v) is 10.7. The van der Waals surface area contributed by atoms with Crippen LogP contribution in [0.1, 0.15) is 32.0 Å². The first-order valence-electron chi connectivity index (χ1n) is 8.40. The number of benzene rings is 1. The molecule has 0 aliphatic rings. The van der Waals surface area contributed by atoms with Gasteiger partial charge in [0.25, 0.3) is 5.91 Å². The number of aliphatic hydroxyl groups is 1. The van der Waals surface area contributed by atoms with Crippen LogP contribution < -0.4 is 5.32 Å². The normalized spacial score (nSPS) is 12.9. The number of amides is 1. The summed E-state index contributed by atoms with van der Waals surface area (Å²) in [5.74, 6) is 0.153. The molecule has 0 saturated carbocycles. The molecule has 148 valence electrons. The number of carbonyl (C=O) groups excluding carboxylic acids is 1. The number of hydrogen-bond donors (Lipinski definition) is 2. The number of nitrogens with zero attached hydrogens (tertiary/aromatic N) is 1. The summed E-state index contributed by atoms with van der Waals surface area (Å²) in [5, 5.41) is 13.0. The first kappa shape index (κ1) is 20.3. The number of aliphatic hydroxyl groups excluding tert-OH is 1. The second-order valence-corrected chi connectivity index (χ2v) is 9.57. The smallest absolute Gasteiger partial charge is 0.251 e. The van der Waals surface area contributed by atoms with Crippen LogP contribution in [0.4, 0.5) is 0 Å². The number of nitrogens with one attached hydrogen (secondary N) is 1. The lowest BCUT2D eigenvalue weighted by Gasteiger charge is -2.11. The minimum Gasteiger partial charge on any atom is -0.466 e. The molecular weight excluding hydrogens is 400 g/mol. The summed E-state index contributed by atoms with van der Waals surface area (Å²) >= 11 is 1.38. The van der Waals surface area contributed by atoms with E-state index in [4.69, 9.17) is 4.42 Å². The number of sulfonamides is 1. The molecule has 3 aromatic rings. The Morgan fingerprint density at radius 2 is 1.89 bits per heavy atom. The van der Waals surface area contributed by atoms with E-state index < -0.39 is 16.1 Å². The number of carbonyl (C=O) groups is 1. The molecule has 2 heterocycles. The van der Waals surface area contributed by atoms with Crippen LogP contribution >= 0.6 is 11.3 Å². The quantitative estimate of drug-likeness (QED) is 0.612. The minimum absolute atomic E-state index is 0.129. The number of furan rings is 1. The average Bonchev–Trinajstić information content (AvgIpc) is 3.37. The highest BCUT2D eigenvalue weighted by Crippen LogP contribution is 2.28. The molecule has 0 saturated heterocycles. The second kappa shape index (κ2) is 8.27. The predicted octanol–water partition coefficient (Wildman–Crippen LogP) is 2.60. The van der Waals surface area contributed by atoms with Gasteiger partial charge in [0.2, 0.25) is 10.0 Å². The van der Waals surface area contributed by atoms with Gasteiger partial charge < -0.3 is 14.8 Å². The molecule has 0 aliphatic heterocycles. The zero-order chi connectivity index (χ0) is 20.3. The van der Waals surface area contributed by atoms with Gasteiger partial charge in [-0.1, -0.05) is 0 Å². The number of thiophene rings is 1. The van der Waals surface area contributed by atoms with Crippen LogP contribution in [0.3, 0.4) is 0 Å². The molecule has 2 aromatic heterocycles. The molecule has 1 amide bonds. The van der Waals surface area contributed by atoms with Crippen molar-refractivity contribution >= 4 is 27.3 Å². The molecule has 7 nitrogen and oxygen atoms in total. The molecule has 0 aliphatic carbocycles. The van der Waals surface area contributed by atoms with E-state index in [-0.39, 0.29) is 10.8 Å². The standard InChI is InChI=1S/C19H20N2O5S2/c1-21(2)28(24,25)15-8-5-13(6-9-15)19(23)20-12-14-7-10-17(27-14)18(22)16-4-3-11-26-16/h3-11,18,22H,12H2,1-2H3,(H,20,23). The van der Waals surface area contributed by atoms with Crippen LogP contribution in [-0.2, 0) is 16.6 Å². The Kier molecular flexibility index (Phi) is 5.99. The monoisotopic (exact) mass is 420 g/mol. The van der Waals surface area contributed by atoms with E-state index in [2.05, 4.69) is 5.32 Å². The zero-order valence-electron chi connectivity index (χ0n) is 15.3. The fourth-order valence-corrected chi connectivity index (χ4v) is 4.33. The van der Waals surface area contributed by atoms with Crippen LogP contribution in [0.2, 0.25) is 0 Å². The van der Waals surface area contributed by atoms with Gasteiger partial charge in [0, 0.05) is 29.4 Å². The summed E-state index contributed by atoms with van der Waals surface area (Å²) in [4.78, 5) is 14.0. The van der Waals surface area contributed by atoms with Gasteiger partial charge >= 0.3 is 0 Å². The van der Waals surface area contributed by atoms with Crippen molar-refractivity contribution in [1.82, 2.24) is 9.62 Å². The maximum Gasteiger partial charge on any atom is 0.251 e. The van der Waals surface area contributed by atoms with Crippen molar-refractivity contribution in [3.8, 4) is 0 Å². The van der Waals surface area contributed by atoms with Crippen molar-refractivity contribution in [1.29, 1.82) is 0 Å². The van der Waals surface area contributed by atoms with E-state index in [0.717, 1.165) is 14.1 Å². The van der Waals surface area contributed by atoms with Crippen LogP contribution in [0.25, 0.3) is 0 Å². The van der Waals surface area contributed by atoms with Gasteiger partial charge in [-0.3, -0.25) is 4.79 Å². The van der Waals surface area contributed by atoms with E-state index in [9.17, 15) is 18.3 Å². The van der Waals surface area contributed by atoms with Gasteiger partial charge in [-0.15, -0.1) is 11.3 Å². The molecular formula is C19H20N2O5S2. The van der Waals surface area contributed by atoms with Crippen LogP contribution in [0.15, 0.2) is 64.1 Å². The third-order valence-electron chi connectivity index (χ3n) is 4.08. The van der Waals surface area contributed by atoms with Crippen molar-refractivity contribution in [2.24, 2.45) is 0 Å². The molecule has 9 heteroatoms. The lowest BCUT2D eigenvalue weighted by molar-refractivity contribution is 0.0951. The summed E-state index contributed by atoms with van der Waals surface area (Å²) in [6, 6.07) is 12.8. The highest BCUT2D eigenvalue weighted by atomic mass is 32.2. The van der Waals surface area contributed by atoms with E-state index in [1.807, 2.05) is 6.07 Å². The largest absolute Gasteiger partial charge is 0.466 e. The van der Waals surface area contributed by atoms with Crippen molar-refractivity contribution in [2.45, 2.75) is 17.5 Å². The average molecular weight is 421 g/mol. The summed E-state index contributed by atoms with van der Waals surface area (Å²) < 4.78 is 30.5. The SMILES string of the molecule is CN(C)S(=O)(=O)c1ccc(C(=O)NCc2ccc(C(O)c3ccco3)s2)cc1. The van der Waals surface area contributed by atoms with Gasteiger partial charge in [-0.25, -0.2) is 12.7 Å². The molecule has 1 unspecified atom stereocenters. The number of rotatable bonds is 7. The van der Waals surface area contributed by atoms with Gasteiger partial charge in [0.1, 0.15) is 11.9 Å². The summed E-state index contributed by atoms with van der Waals surface area (Å²) in [7, 11) is -0.622. The fourth-order valence-electron chi connectivity index (χ4n) is 2.48.